The largest absolute Gasteiger partial charge is 0.351 e. The fraction of sp³-hybridized carbons (Fsp3) is 0.550. The van der Waals surface area contributed by atoms with Crippen LogP contribution in [-0.2, 0) is 0 Å². The molecule has 0 unspecified atom stereocenters. The molecule has 1 fully saturated rings. The van der Waals surface area contributed by atoms with Crippen molar-refractivity contribution in [2.75, 3.05) is 27.2 Å². The zero-order valence-corrected chi connectivity index (χ0v) is 16.2. The van der Waals surface area contributed by atoms with Gasteiger partial charge in [-0.2, -0.15) is 0 Å². The highest BCUT2D eigenvalue weighted by Gasteiger charge is 2.23. The van der Waals surface area contributed by atoms with Crippen LogP contribution >= 0.6 is 0 Å². The lowest BCUT2D eigenvalue weighted by Gasteiger charge is -2.22. The van der Waals surface area contributed by atoms with Crippen LogP contribution in [0.2, 0.25) is 0 Å². The average molecular weight is 371 g/mol. The van der Waals surface area contributed by atoms with Gasteiger partial charge in [0, 0.05) is 18.8 Å². The summed E-state index contributed by atoms with van der Waals surface area (Å²) in [4.78, 5) is 31.8. The highest BCUT2D eigenvalue weighted by molar-refractivity contribution is 6.02. The molecule has 0 saturated heterocycles. The van der Waals surface area contributed by atoms with Gasteiger partial charge in [-0.3, -0.25) is 14.0 Å². The molecule has 0 aromatic carbocycles. The minimum absolute atomic E-state index is 0.200. The summed E-state index contributed by atoms with van der Waals surface area (Å²) in [5.41, 5.74) is 0.950. The number of carbonyl (C=O) groups is 2. The summed E-state index contributed by atoms with van der Waals surface area (Å²) >= 11 is 0. The van der Waals surface area contributed by atoms with Gasteiger partial charge in [0.1, 0.15) is 0 Å². The number of nitrogens with zero attached hydrogens (tertiary/aromatic N) is 3. The van der Waals surface area contributed by atoms with Crippen LogP contribution in [0.25, 0.3) is 5.52 Å². The van der Waals surface area contributed by atoms with Crippen molar-refractivity contribution in [3.63, 3.8) is 0 Å². The smallest absolute Gasteiger partial charge is 0.287 e. The van der Waals surface area contributed by atoms with E-state index < -0.39 is 0 Å². The molecule has 1 aliphatic rings. The molecule has 0 radical (unpaired) electrons. The van der Waals surface area contributed by atoms with E-state index in [1.807, 2.05) is 32.3 Å². The first kappa shape index (κ1) is 19.4. The monoisotopic (exact) mass is 371 g/mol. The summed E-state index contributed by atoms with van der Waals surface area (Å²) in [7, 11) is 4.00. The van der Waals surface area contributed by atoms with Crippen molar-refractivity contribution in [2.24, 2.45) is 0 Å². The second kappa shape index (κ2) is 8.99. The van der Waals surface area contributed by atoms with Crippen LogP contribution < -0.4 is 10.6 Å². The van der Waals surface area contributed by atoms with Crippen LogP contribution in [0.3, 0.4) is 0 Å². The standard InChI is InChI=1S/C20H29N5O2/c1-24(2)13-8-12-21-19(26)17-16-11-6-7-14-25(16)18(23-17)20(27)22-15-9-4-3-5-10-15/h6-7,11,14-15H,3-5,8-10,12-13H2,1-2H3,(H,21,26)(H,22,27). The number of rotatable bonds is 7. The summed E-state index contributed by atoms with van der Waals surface area (Å²) in [6.45, 7) is 1.48. The zero-order chi connectivity index (χ0) is 19.2. The molecule has 0 atom stereocenters. The first-order chi connectivity index (χ1) is 13.1. The van der Waals surface area contributed by atoms with E-state index in [2.05, 4.69) is 20.5 Å². The maximum atomic E-state index is 12.8. The van der Waals surface area contributed by atoms with E-state index in [9.17, 15) is 9.59 Å². The van der Waals surface area contributed by atoms with Gasteiger partial charge in [-0.1, -0.05) is 25.3 Å². The lowest BCUT2D eigenvalue weighted by atomic mass is 9.95. The zero-order valence-electron chi connectivity index (χ0n) is 16.2. The molecular weight excluding hydrogens is 342 g/mol. The summed E-state index contributed by atoms with van der Waals surface area (Å²) < 4.78 is 1.70. The van der Waals surface area contributed by atoms with Crippen molar-refractivity contribution in [3.05, 3.63) is 35.9 Å². The van der Waals surface area contributed by atoms with Crippen LogP contribution in [0.1, 0.15) is 59.6 Å². The van der Waals surface area contributed by atoms with E-state index >= 15 is 0 Å². The van der Waals surface area contributed by atoms with Gasteiger partial charge < -0.3 is 15.5 Å². The van der Waals surface area contributed by atoms with E-state index in [-0.39, 0.29) is 23.7 Å². The van der Waals surface area contributed by atoms with E-state index in [1.165, 1.54) is 6.42 Å². The fourth-order valence-corrected chi connectivity index (χ4v) is 3.54. The third kappa shape index (κ3) is 4.86. The normalized spacial score (nSPS) is 15.2. The summed E-state index contributed by atoms with van der Waals surface area (Å²) in [6.07, 6.45) is 8.18. The molecule has 2 N–H and O–H groups in total. The van der Waals surface area contributed by atoms with Gasteiger partial charge in [0.2, 0.25) is 5.82 Å². The maximum absolute atomic E-state index is 12.8. The Morgan fingerprint density at radius 2 is 1.96 bits per heavy atom. The molecule has 27 heavy (non-hydrogen) atoms. The van der Waals surface area contributed by atoms with E-state index in [0.717, 1.165) is 38.6 Å². The molecule has 7 nitrogen and oxygen atoms in total. The van der Waals surface area contributed by atoms with Gasteiger partial charge in [-0.15, -0.1) is 0 Å². The Bertz CT molecular complexity index is 793. The molecule has 3 rings (SSSR count). The van der Waals surface area contributed by atoms with E-state index in [0.29, 0.717) is 17.8 Å². The summed E-state index contributed by atoms with van der Waals surface area (Å²) in [5, 5.41) is 5.99. The van der Waals surface area contributed by atoms with Crippen LogP contribution in [0.4, 0.5) is 0 Å². The molecule has 0 spiro atoms. The first-order valence-electron chi connectivity index (χ1n) is 9.77. The highest BCUT2D eigenvalue weighted by Crippen LogP contribution is 2.19. The second-order valence-electron chi connectivity index (χ2n) is 7.46. The molecule has 0 bridgehead atoms. The minimum Gasteiger partial charge on any atom is -0.351 e. The Kier molecular flexibility index (Phi) is 6.45. The molecule has 1 saturated carbocycles. The molecule has 2 aromatic heterocycles. The van der Waals surface area contributed by atoms with Gasteiger partial charge in [0.15, 0.2) is 5.69 Å². The van der Waals surface area contributed by atoms with Crippen LogP contribution in [0, 0.1) is 0 Å². The lowest BCUT2D eigenvalue weighted by molar-refractivity contribution is 0.0916. The molecular formula is C20H29N5O2. The number of carbonyl (C=O) groups excluding carboxylic acids is 2. The average Bonchev–Trinajstić information content (AvgIpc) is 3.06. The minimum atomic E-state index is -0.242. The molecule has 2 amide bonds. The fourth-order valence-electron chi connectivity index (χ4n) is 3.54. The predicted octanol–water partition coefficient (Wildman–Crippen LogP) is 2.08. The van der Waals surface area contributed by atoms with Crippen molar-refractivity contribution in [2.45, 2.75) is 44.6 Å². The molecule has 146 valence electrons. The van der Waals surface area contributed by atoms with E-state index in [4.69, 9.17) is 0 Å². The van der Waals surface area contributed by atoms with Crippen LogP contribution in [-0.4, -0.2) is 59.3 Å². The predicted molar refractivity (Wildman–Crippen MR) is 105 cm³/mol. The Morgan fingerprint density at radius 3 is 2.70 bits per heavy atom. The Balaban J connectivity index is 1.74. The summed E-state index contributed by atoms with van der Waals surface area (Å²) in [6, 6.07) is 5.71. The highest BCUT2D eigenvalue weighted by atomic mass is 16.2. The van der Waals surface area contributed by atoms with Crippen molar-refractivity contribution in [3.8, 4) is 0 Å². The number of hydrogen-bond donors (Lipinski definition) is 2. The van der Waals surface area contributed by atoms with Gasteiger partial charge in [-0.25, -0.2) is 4.98 Å². The van der Waals surface area contributed by atoms with Crippen molar-refractivity contribution >= 4 is 17.3 Å². The van der Waals surface area contributed by atoms with Gasteiger partial charge in [0.05, 0.1) is 5.52 Å². The lowest BCUT2D eigenvalue weighted by Crippen LogP contribution is -2.37. The van der Waals surface area contributed by atoms with Crippen LogP contribution in [0.15, 0.2) is 24.4 Å². The topological polar surface area (TPSA) is 78.7 Å². The van der Waals surface area contributed by atoms with Crippen molar-refractivity contribution < 1.29 is 9.59 Å². The molecule has 2 heterocycles. The number of amides is 2. The molecule has 2 aromatic rings. The van der Waals surface area contributed by atoms with Gasteiger partial charge >= 0.3 is 0 Å². The molecule has 0 aliphatic heterocycles. The SMILES string of the molecule is CN(C)CCCNC(=O)c1nc(C(=O)NC2CCCCC2)n2ccccc12. The number of nitrogens with one attached hydrogen (secondary N) is 2. The Morgan fingerprint density at radius 1 is 1.19 bits per heavy atom. The number of pyridine rings is 1. The van der Waals surface area contributed by atoms with Crippen molar-refractivity contribution in [1.29, 1.82) is 0 Å². The first-order valence-corrected chi connectivity index (χ1v) is 9.77. The number of aromatic nitrogens is 2. The third-order valence-corrected chi connectivity index (χ3v) is 4.97. The number of fused-ring (bicyclic) bond motifs is 1. The quantitative estimate of drug-likeness (QED) is 0.731. The second-order valence-corrected chi connectivity index (χ2v) is 7.46. The number of imidazole rings is 1. The van der Waals surface area contributed by atoms with Gasteiger partial charge in [-0.05, 0) is 52.0 Å². The Labute approximate surface area is 160 Å². The number of hydrogen-bond acceptors (Lipinski definition) is 4. The van der Waals surface area contributed by atoms with E-state index in [1.54, 1.807) is 10.6 Å². The molecule has 1 aliphatic carbocycles. The molecule has 7 heteroatoms. The summed E-state index contributed by atoms with van der Waals surface area (Å²) in [5.74, 6) is -0.182. The maximum Gasteiger partial charge on any atom is 0.287 e. The third-order valence-electron chi connectivity index (χ3n) is 4.97. The Hall–Kier alpha value is -2.41. The van der Waals surface area contributed by atoms with Crippen LogP contribution in [0.5, 0.6) is 0 Å². The van der Waals surface area contributed by atoms with Gasteiger partial charge in [0.25, 0.3) is 11.8 Å². The van der Waals surface area contributed by atoms with Crippen molar-refractivity contribution in [1.82, 2.24) is 24.9 Å².